The Labute approximate surface area is 182 Å². The van der Waals surface area contributed by atoms with Crippen molar-refractivity contribution in [1.29, 1.82) is 0 Å². The van der Waals surface area contributed by atoms with E-state index in [9.17, 15) is 26.8 Å². The summed E-state index contributed by atoms with van der Waals surface area (Å²) >= 11 is 0. The lowest BCUT2D eigenvalue weighted by Crippen LogP contribution is -2.46. The van der Waals surface area contributed by atoms with Crippen LogP contribution in [0.2, 0.25) is 0 Å². The number of benzene rings is 2. The molecule has 1 aliphatic rings. The highest BCUT2D eigenvalue weighted by molar-refractivity contribution is 7.86. The Kier molecular flexibility index (Phi) is 7.06. The van der Waals surface area contributed by atoms with Gasteiger partial charge in [-0.1, -0.05) is 36.4 Å². The summed E-state index contributed by atoms with van der Waals surface area (Å²) in [4.78, 5) is 24.3. The van der Waals surface area contributed by atoms with E-state index in [1.54, 1.807) is 36.4 Å². The van der Waals surface area contributed by atoms with Crippen molar-refractivity contribution in [3.63, 3.8) is 0 Å². The second-order valence-electron chi connectivity index (χ2n) is 6.76. The molecule has 0 saturated carbocycles. The summed E-state index contributed by atoms with van der Waals surface area (Å²) in [6.45, 7) is -0.754. The molecule has 1 heterocycles. The molecule has 32 heavy (non-hydrogen) atoms. The predicted octanol–water partition coefficient (Wildman–Crippen LogP) is 2.80. The van der Waals surface area contributed by atoms with Crippen LogP contribution in [0.4, 0.5) is 19.3 Å². The largest absolute Gasteiger partial charge is 0.459 e. The maximum atomic E-state index is 14.8. The first-order valence-electron chi connectivity index (χ1n) is 9.22. The van der Waals surface area contributed by atoms with Gasteiger partial charge >= 0.3 is 18.0 Å². The molecule has 2 unspecified atom stereocenters. The van der Waals surface area contributed by atoms with E-state index in [1.165, 1.54) is 24.3 Å². The summed E-state index contributed by atoms with van der Waals surface area (Å²) in [5.41, 5.74) is 0.427. The lowest BCUT2D eigenvalue weighted by molar-refractivity contribution is -0.182. The molecule has 1 fully saturated rings. The number of hydrogen-bond donors (Lipinski definition) is 1. The minimum Gasteiger partial charge on any atom is -0.459 e. The molecule has 0 aromatic heterocycles. The number of halogens is 2. The lowest BCUT2D eigenvalue weighted by atomic mass is 10.1. The number of anilines is 1. The van der Waals surface area contributed by atoms with Crippen LogP contribution >= 0.6 is 0 Å². The molecule has 3 rings (SSSR count). The number of amides is 1. The van der Waals surface area contributed by atoms with E-state index in [-0.39, 0.29) is 11.3 Å². The average Bonchev–Trinajstić information content (AvgIpc) is 2.96. The summed E-state index contributed by atoms with van der Waals surface area (Å²) in [6.07, 6.45) is -7.27. The van der Waals surface area contributed by atoms with E-state index < -0.39 is 53.2 Å². The maximum Gasteiger partial charge on any atom is 0.412 e. The minimum atomic E-state index is -4.35. The van der Waals surface area contributed by atoms with E-state index >= 15 is 0 Å². The number of ether oxygens (including phenoxy) is 3. The van der Waals surface area contributed by atoms with Crippen LogP contribution in [0, 0.1) is 0 Å². The molecule has 2 aromatic carbocycles. The van der Waals surface area contributed by atoms with Gasteiger partial charge in [-0.2, -0.15) is 17.2 Å². The molecule has 9 nitrogen and oxygen atoms in total. The summed E-state index contributed by atoms with van der Waals surface area (Å²) in [5, 5.41) is 2.26. The van der Waals surface area contributed by atoms with Crippen LogP contribution in [0.25, 0.3) is 0 Å². The van der Waals surface area contributed by atoms with Gasteiger partial charge in [0.1, 0.15) is 12.7 Å². The lowest BCUT2D eigenvalue weighted by Gasteiger charge is -2.23. The first-order valence-corrected chi connectivity index (χ1v) is 11.0. The van der Waals surface area contributed by atoms with Gasteiger partial charge in [0.05, 0.1) is 11.8 Å². The fourth-order valence-electron chi connectivity index (χ4n) is 2.83. The van der Waals surface area contributed by atoms with E-state index in [1.807, 2.05) is 0 Å². The van der Waals surface area contributed by atoms with Gasteiger partial charge in [0.2, 0.25) is 12.4 Å². The monoisotopic (exact) mass is 471 g/mol. The number of esters is 1. The number of rotatable bonds is 7. The minimum absolute atomic E-state index is 0.153. The average molecular weight is 471 g/mol. The van der Waals surface area contributed by atoms with E-state index in [4.69, 9.17) is 14.2 Å². The van der Waals surface area contributed by atoms with Crippen LogP contribution in [-0.4, -0.2) is 57.8 Å². The van der Waals surface area contributed by atoms with Crippen LogP contribution < -0.4 is 5.32 Å². The third kappa shape index (κ3) is 5.99. The molecule has 2 aromatic rings. The first-order chi connectivity index (χ1) is 15.1. The third-order valence-electron chi connectivity index (χ3n) is 4.23. The van der Waals surface area contributed by atoms with Crippen molar-refractivity contribution in [2.75, 3.05) is 18.2 Å². The van der Waals surface area contributed by atoms with Crippen molar-refractivity contribution < 1.29 is 45.2 Å². The van der Waals surface area contributed by atoms with Crippen LogP contribution in [0.3, 0.4) is 0 Å². The fourth-order valence-corrected chi connectivity index (χ4v) is 3.32. The zero-order chi connectivity index (χ0) is 23.4. The maximum absolute atomic E-state index is 14.8. The topological polar surface area (TPSA) is 117 Å². The Hall–Kier alpha value is -3.09. The van der Waals surface area contributed by atoms with Gasteiger partial charge in [-0.15, -0.1) is 0 Å². The number of para-hydroxylation sites is 1. The summed E-state index contributed by atoms with van der Waals surface area (Å²) in [7, 11) is -4.35. The standard InChI is InChI=1S/C20H19F2NO8S/c1-32(26,27)31-18-20(21,22)16(30-19(25)23-14-10-6-3-7-11-14)15(29-18)12-28-17(24)13-8-4-2-5-9-13/h2-11,15-16,18H,12H2,1H3,(H,23,25)/t15-,16?,18?/m1/s1. The molecule has 0 radical (unpaired) electrons. The van der Waals surface area contributed by atoms with Gasteiger partial charge in [-0.05, 0) is 24.3 Å². The van der Waals surface area contributed by atoms with Gasteiger partial charge in [-0.3, -0.25) is 5.32 Å². The number of nitrogens with one attached hydrogen (secondary N) is 1. The molecule has 0 bridgehead atoms. The second-order valence-corrected chi connectivity index (χ2v) is 8.36. The van der Waals surface area contributed by atoms with Crippen molar-refractivity contribution in [2.24, 2.45) is 0 Å². The molecule has 0 aliphatic carbocycles. The Bertz CT molecular complexity index is 1050. The highest BCUT2D eigenvalue weighted by Crippen LogP contribution is 2.40. The quantitative estimate of drug-likeness (QED) is 0.484. The summed E-state index contributed by atoms with van der Waals surface area (Å²) < 4.78 is 71.5. The Balaban J connectivity index is 1.75. The van der Waals surface area contributed by atoms with Gasteiger partial charge < -0.3 is 14.2 Å². The normalized spacial score (nSPS) is 22.2. The Morgan fingerprint density at radius 1 is 1.06 bits per heavy atom. The Morgan fingerprint density at radius 2 is 1.66 bits per heavy atom. The second kappa shape index (κ2) is 9.59. The molecule has 0 spiro atoms. The molecule has 1 N–H and O–H groups in total. The molecule has 1 saturated heterocycles. The molecular weight excluding hydrogens is 452 g/mol. The van der Waals surface area contributed by atoms with Crippen molar-refractivity contribution in [3.05, 3.63) is 66.2 Å². The highest BCUT2D eigenvalue weighted by Gasteiger charge is 2.63. The van der Waals surface area contributed by atoms with Crippen LogP contribution in [0.1, 0.15) is 10.4 Å². The first kappa shape index (κ1) is 23.6. The van der Waals surface area contributed by atoms with Crippen LogP contribution in [-0.2, 0) is 28.5 Å². The van der Waals surface area contributed by atoms with Gasteiger partial charge in [0.25, 0.3) is 10.1 Å². The van der Waals surface area contributed by atoms with Gasteiger partial charge in [-0.25, -0.2) is 13.8 Å². The van der Waals surface area contributed by atoms with Crippen LogP contribution in [0.5, 0.6) is 0 Å². The number of carbonyl (C=O) groups is 2. The van der Waals surface area contributed by atoms with Crippen molar-refractivity contribution >= 4 is 27.9 Å². The van der Waals surface area contributed by atoms with Crippen molar-refractivity contribution in [2.45, 2.75) is 24.4 Å². The SMILES string of the molecule is CS(=O)(=O)OC1O[C@H](COC(=O)c2ccccc2)C(OC(=O)Nc2ccccc2)C1(F)F. The third-order valence-corrected chi connectivity index (χ3v) is 4.76. The summed E-state index contributed by atoms with van der Waals surface area (Å²) in [5.74, 6) is -4.90. The fraction of sp³-hybridized carbons (Fsp3) is 0.300. The Morgan fingerprint density at radius 3 is 2.25 bits per heavy atom. The molecule has 3 atom stereocenters. The van der Waals surface area contributed by atoms with Crippen molar-refractivity contribution in [3.8, 4) is 0 Å². The molecule has 1 aliphatic heterocycles. The zero-order valence-corrected chi connectivity index (χ0v) is 17.5. The molecular formula is C20H19F2NO8S. The zero-order valence-electron chi connectivity index (χ0n) is 16.6. The smallest absolute Gasteiger partial charge is 0.412 e. The summed E-state index contributed by atoms with van der Waals surface area (Å²) in [6, 6.07) is 15.6. The van der Waals surface area contributed by atoms with Crippen LogP contribution in [0.15, 0.2) is 60.7 Å². The molecule has 12 heteroatoms. The predicted molar refractivity (Wildman–Crippen MR) is 107 cm³/mol. The van der Waals surface area contributed by atoms with E-state index in [2.05, 4.69) is 9.50 Å². The van der Waals surface area contributed by atoms with Crippen molar-refractivity contribution in [1.82, 2.24) is 0 Å². The number of alkyl halides is 2. The van der Waals surface area contributed by atoms with E-state index in [0.29, 0.717) is 6.26 Å². The van der Waals surface area contributed by atoms with Gasteiger partial charge in [0.15, 0.2) is 0 Å². The van der Waals surface area contributed by atoms with Gasteiger partial charge in [0, 0.05) is 5.69 Å². The number of carbonyl (C=O) groups excluding carboxylic acids is 2. The highest BCUT2D eigenvalue weighted by atomic mass is 32.2. The molecule has 172 valence electrons. The molecule has 1 amide bonds. The number of hydrogen-bond acceptors (Lipinski definition) is 8. The van der Waals surface area contributed by atoms with E-state index in [0.717, 1.165) is 0 Å².